The van der Waals surface area contributed by atoms with Crippen molar-refractivity contribution in [3.63, 3.8) is 0 Å². The molecule has 1 saturated heterocycles. The summed E-state index contributed by atoms with van der Waals surface area (Å²) in [7, 11) is 0. The zero-order valence-corrected chi connectivity index (χ0v) is 19.5. The summed E-state index contributed by atoms with van der Waals surface area (Å²) in [6.07, 6.45) is 3.94. The van der Waals surface area contributed by atoms with Crippen molar-refractivity contribution in [2.45, 2.75) is 33.0 Å². The molecule has 1 aliphatic rings. The number of ether oxygens (including phenoxy) is 1. The number of pyridine rings is 2. The molecule has 1 fully saturated rings. The van der Waals surface area contributed by atoms with E-state index >= 15 is 0 Å². The molecule has 0 saturated carbocycles. The van der Waals surface area contributed by atoms with Crippen LogP contribution in [-0.4, -0.2) is 34.8 Å². The van der Waals surface area contributed by atoms with Crippen molar-refractivity contribution in [2.75, 3.05) is 18.0 Å². The van der Waals surface area contributed by atoms with Crippen molar-refractivity contribution < 1.29 is 4.74 Å². The average Bonchev–Trinajstić information content (AvgIpc) is 2.85. The van der Waals surface area contributed by atoms with Gasteiger partial charge in [-0.25, -0.2) is 4.85 Å². The van der Waals surface area contributed by atoms with E-state index in [1.165, 1.54) is 0 Å². The first-order valence-corrected chi connectivity index (χ1v) is 11.4. The number of benzene rings is 2. The normalized spacial score (nSPS) is 18.1. The highest BCUT2D eigenvalue weighted by Crippen LogP contribution is 2.30. The van der Waals surface area contributed by atoms with E-state index in [0.717, 1.165) is 46.7 Å². The zero-order valence-electron chi connectivity index (χ0n) is 19.5. The number of aryl methyl sites for hydroxylation is 1. The highest BCUT2D eigenvalue weighted by molar-refractivity contribution is 5.96. The number of rotatable bonds is 3. The van der Waals surface area contributed by atoms with Gasteiger partial charge in [-0.2, -0.15) is 0 Å². The SMILES string of the molecule is [C-]#[N+]c1ccc(-c2nccc3c(=O)n(-c4ccc(N5C[C@@H](C)O[C@@H](C)C5)cc4)cc(C)c23)cc1. The lowest BCUT2D eigenvalue weighted by atomic mass is 10.0. The lowest BCUT2D eigenvalue weighted by molar-refractivity contribution is -0.00521. The first-order valence-electron chi connectivity index (χ1n) is 11.4. The summed E-state index contributed by atoms with van der Waals surface area (Å²) >= 11 is 0. The molecule has 0 amide bonds. The molecule has 6 heteroatoms. The monoisotopic (exact) mass is 450 g/mol. The van der Waals surface area contributed by atoms with Crippen LogP contribution in [0, 0.1) is 13.5 Å². The van der Waals surface area contributed by atoms with Crippen LogP contribution in [0.3, 0.4) is 0 Å². The van der Waals surface area contributed by atoms with E-state index < -0.39 is 0 Å². The van der Waals surface area contributed by atoms with Gasteiger partial charge in [0.1, 0.15) is 0 Å². The van der Waals surface area contributed by atoms with Gasteiger partial charge in [-0.05, 0) is 62.2 Å². The second kappa shape index (κ2) is 8.77. The number of hydrogen-bond donors (Lipinski definition) is 0. The molecule has 2 atom stereocenters. The fourth-order valence-corrected chi connectivity index (χ4v) is 4.80. The summed E-state index contributed by atoms with van der Waals surface area (Å²) in [6.45, 7) is 15.1. The van der Waals surface area contributed by atoms with Crippen molar-refractivity contribution in [3.05, 3.63) is 94.3 Å². The van der Waals surface area contributed by atoms with E-state index in [4.69, 9.17) is 11.3 Å². The highest BCUT2D eigenvalue weighted by atomic mass is 16.5. The fourth-order valence-electron chi connectivity index (χ4n) is 4.80. The maximum atomic E-state index is 13.5. The van der Waals surface area contributed by atoms with Crippen LogP contribution >= 0.6 is 0 Å². The predicted octanol–water partition coefficient (Wildman–Crippen LogP) is 5.53. The third kappa shape index (κ3) is 3.95. The third-order valence-corrected chi connectivity index (χ3v) is 6.30. The molecule has 170 valence electrons. The Morgan fingerprint density at radius 1 is 0.971 bits per heavy atom. The molecule has 34 heavy (non-hydrogen) atoms. The maximum Gasteiger partial charge on any atom is 0.263 e. The first-order chi connectivity index (χ1) is 16.4. The molecule has 0 bridgehead atoms. The number of fused-ring (bicyclic) bond motifs is 1. The van der Waals surface area contributed by atoms with Gasteiger partial charge in [-0.15, -0.1) is 0 Å². The Labute approximate surface area is 198 Å². The van der Waals surface area contributed by atoms with Crippen molar-refractivity contribution >= 4 is 22.1 Å². The van der Waals surface area contributed by atoms with Gasteiger partial charge in [0, 0.05) is 42.2 Å². The Bertz CT molecular complexity index is 1440. The van der Waals surface area contributed by atoms with Crippen molar-refractivity contribution in [3.8, 4) is 16.9 Å². The average molecular weight is 451 g/mol. The molecule has 0 unspecified atom stereocenters. The molecule has 0 radical (unpaired) electrons. The van der Waals surface area contributed by atoms with Crippen LogP contribution in [0.1, 0.15) is 19.4 Å². The minimum Gasteiger partial charge on any atom is -0.372 e. The van der Waals surface area contributed by atoms with Gasteiger partial charge in [0.2, 0.25) is 0 Å². The van der Waals surface area contributed by atoms with Gasteiger partial charge in [0.25, 0.3) is 5.56 Å². The number of aromatic nitrogens is 2. The lowest BCUT2D eigenvalue weighted by Crippen LogP contribution is -2.45. The zero-order chi connectivity index (χ0) is 23.8. The van der Waals surface area contributed by atoms with E-state index in [-0.39, 0.29) is 17.8 Å². The van der Waals surface area contributed by atoms with E-state index in [0.29, 0.717) is 11.1 Å². The molecule has 0 spiro atoms. The molecule has 0 N–H and O–H groups in total. The Morgan fingerprint density at radius 3 is 2.26 bits per heavy atom. The minimum atomic E-state index is -0.0802. The first kappa shape index (κ1) is 21.9. The summed E-state index contributed by atoms with van der Waals surface area (Å²) in [5, 5.41) is 1.46. The molecule has 1 aliphatic heterocycles. The van der Waals surface area contributed by atoms with Crippen molar-refractivity contribution in [2.24, 2.45) is 0 Å². The van der Waals surface area contributed by atoms with Crippen LogP contribution < -0.4 is 10.5 Å². The van der Waals surface area contributed by atoms with Crippen LogP contribution in [0.2, 0.25) is 0 Å². The van der Waals surface area contributed by atoms with Crippen molar-refractivity contribution in [1.29, 1.82) is 0 Å². The number of anilines is 1. The molecule has 6 nitrogen and oxygen atoms in total. The van der Waals surface area contributed by atoms with Crippen LogP contribution in [0.15, 0.2) is 71.8 Å². The summed E-state index contributed by atoms with van der Waals surface area (Å²) in [6, 6.07) is 17.2. The molecular formula is C28H26N4O2. The van der Waals surface area contributed by atoms with Crippen LogP contribution in [0.4, 0.5) is 11.4 Å². The standard InChI is InChI=1S/C28H26N4O2/c1-18-15-32(24-11-9-23(10-12-24)31-16-19(2)34-20(3)17-31)28(33)25-13-14-30-27(26(18)25)21-5-7-22(29-4)8-6-21/h5-15,19-20H,16-17H2,1-3H3/t19-,20+. The Morgan fingerprint density at radius 2 is 1.62 bits per heavy atom. The van der Waals surface area contributed by atoms with Gasteiger partial charge < -0.3 is 9.64 Å². The van der Waals surface area contributed by atoms with Gasteiger partial charge in [0.15, 0.2) is 5.69 Å². The van der Waals surface area contributed by atoms with Gasteiger partial charge in [0.05, 0.1) is 29.9 Å². The van der Waals surface area contributed by atoms with Crippen molar-refractivity contribution in [1.82, 2.24) is 9.55 Å². The topological polar surface area (TPSA) is 51.7 Å². The summed E-state index contributed by atoms with van der Waals surface area (Å²) in [4.78, 5) is 23.9. The fraction of sp³-hybridized carbons (Fsp3) is 0.250. The number of morpholine rings is 1. The molecule has 4 aromatic rings. The molecule has 2 aromatic heterocycles. The largest absolute Gasteiger partial charge is 0.372 e. The molecule has 3 heterocycles. The van der Waals surface area contributed by atoms with Gasteiger partial charge in [-0.3, -0.25) is 14.3 Å². The molecular weight excluding hydrogens is 424 g/mol. The third-order valence-electron chi connectivity index (χ3n) is 6.30. The van der Waals surface area contributed by atoms with Gasteiger partial charge >= 0.3 is 0 Å². The summed E-state index contributed by atoms with van der Waals surface area (Å²) < 4.78 is 7.55. The van der Waals surface area contributed by atoms with E-state index in [1.54, 1.807) is 29.0 Å². The summed E-state index contributed by atoms with van der Waals surface area (Å²) in [5.74, 6) is 0. The molecule has 5 rings (SSSR count). The smallest absolute Gasteiger partial charge is 0.263 e. The quantitative estimate of drug-likeness (QED) is 0.386. The van der Waals surface area contributed by atoms with Gasteiger partial charge in [-0.1, -0.05) is 24.3 Å². The Hall–Kier alpha value is -3.95. The second-order valence-electron chi connectivity index (χ2n) is 8.91. The minimum absolute atomic E-state index is 0.0802. The second-order valence-corrected chi connectivity index (χ2v) is 8.91. The Kier molecular flexibility index (Phi) is 5.64. The lowest BCUT2D eigenvalue weighted by Gasteiger charge is -2.36. The number of nitrogens with zero attached hydrogens (tertiary/aromatic N) is 4. The summed E-state index contributed by atoms with van der Waals surface area (Å²) in [5.41, 5.74) is 5.06. The van der Waals surface area contributed by atoms with E-state index in [9.17, 15) is 4.79 Å². The van der Waals surface area contributed by atoms with Crippen LogP contribution in [-0.2, 0) is 4.74 Å². The highest BCUT2D eigenvalue weighted by Gasteiger charge is 2.22. The van der Waals surface area contributed by atoms with E-state index in [1.807, 2.05) is 37.4 Å². The van der Waals surface area contributed by atoms with Crippen LogP contribution in [0.25, 0.3) is 32.6 Å². The number of hydrogen-bond acceptors (Lipinski definition) is 4. The molecule has 0 aliphatic carbocycles. The molecule has 2 aromatic carbocycles. The predicted molar refractivity (Wildman–Crippen MR) is 136 cm³/mol. The van der Waals surface area contributed by atoms with E-state index in [2.05, 4.69) is 40.7 Å². The van der Waals surface area contributed by atoms with Crippen LogP contribution in [0.5, 0.6) is 0 Å². The maximum absolute atomic E-state index is 13.5. The Balaban J connectivity index is 1.55.